The Bertz CT molecular complexity index is 535. The van der Waals surface area contributed by atoms with E-state index in [1.165, 1.54) is 12.8 Å². The maximum absolute atomic E-state index is 12.2. The maximum atomic E-state index is 12.2. The molecule has 1 saturated heterocycles. The zero-order valence-corrected chi connectivity index (χ0v) is 12.9. The second kappa shape index (κ2) is 8.58. The van der Waals surface area contributed by atoms with Crippen LogP contribution in [0.3, 0.4) is 0 Å². The van der Waals surface area contributed by atoms with Crippen LogP contribution in [0.2, 0.25) is 0 Å². The van der Waals surface area contributed by atoms with Crippen molar-refractivity contribution in [2.45, 2.75) is 38.6 Å². The Hall–Kier alpha value is -1.82. The first-order valence-electron chi connectivity index (χ1n) is 7.93. The number of aryl methyl sites for hydroxylation is 1. The average Bonchev–Trinajstić information content (AvgIpc) is 3.00. The van der Waals surface area contributed by atoms with Crippen molar-refractivity contribution in [1.29, 1.82) is 0 Å². The second-order valence-corrected chi connectivity index (χ2v) is 5.62. The molecule has 1 aliphatic rings. The lowest BCUT2D eigenvalue weighted by Gasteiger charge is -2.15. The molecule has 1 fully saturated rings. The molecule has 0 bridgehead atoms. The number of carbonyl (C=O) groups is 1. The Morgan fingerprint density at radius 2 is 2.00 bits per heavy atom. The van der Waals surface area contributed by atoms with Gasteiger partial charge in [-0.05, 0) is 50.9 Å². The maximum Gasteiger partial charge on any atom is 0.303 e. The fourth-order valence-electron chi connectivity index (χ4n) is 2.65. The molecule has 0 atom stereocenters. The number of nitrogens with zero attached hydrogens (tertiary/aromatic N) is 2. The molecule has 0 radical (unpaired) electrons. The lowest BCUT2D eigenvalue weighted by Crippen LogP contribution is -2.27. The Morgan fingerprint density at radius 1 is 1.23 bits per heavy atom. The van der Waals surface area contributed by atoms with Crippen LogP contribution in [0.4, 0.5) is 0 Å². The van der Waals surface area contributed by atoms with E-state index in [4.69, 9.17) is 9.84 Å². The SMILES string of the molecule is O=C(O)CCCCn1cccc(OCCN2CCCC2)c1=O. The first-order valence-corrected chi connectivity index (χ1v) is 7.93. The summed E-state index contributed by atoms with van der Waals surface area (Å²) in [6, 6.07) is 3.49. The number of hydrogen-bond donors (Lipinski definition) is 1. The predicted molar refractivity (Wildman–Crippen MR) is 83.4 cm³/mol. The molecule has 122 valence electrons. The van der Waals surface area contributed by atoms with E-state index in [1.807, 2.05) is 0 Å². The van der Waals surface area contributed by atoms with Crippen LogP contribution in [-0.4, -0.2) is 46.8 Å². The van der Waals surface area contributed by atoms with Crippen LogP contribution in [0.25, 0.3) is 0 Å². The van der Waals surface area contributed by atoms with Gasteiger partial charge in [0.05, 0.1) is 0 Å². The number of carboxylic acid groups (broad SMARTS) is 1. The second-order valence-electron chi connectivity index (χ2n) is 5.62. The first kappa shape index (κ1) is 16.5. The molecule has 0 unspecified atom stereocenters. The summed E-state index contributed by atoms with van der Waals surface area (Å²) in [5.74, 6) is -0.425. The summed E-state index contributed by atoms with van der Waals surface area (Å²) in [5, 5.41) is 8.60. The molecule has 1 aliphatic heterocycles. The summed E-state index contributed by atoms with van der Waals surface area (Å²) in [6.45, 7) is 4.14. The predicted octanol–water partition coefficient (Wildman–Crippen LogP) is 1.58. The number of hydrogen-bond acceptors (Lipinski definition) is 4. The molecule has 0 spiro atoms. The van der Waals surface area contributed by atoms with Crippen molar-refractivity contribution >= 4 is 5.97 Å². The minimum absolute atomic E-state index is 0.140. The van der Waals surface area contributed by atoms with Gasteiger partial charge in [-0.2, -0.15) is 0 Å². The van der Waals surface area contributed by atoms with E-state index in [9.17, 15) is 9.59 Å². The van der Waals surface area contributed by atoms with E-state index in [-0.39, 0.29) is 12.0 Å². The molecule has 0 amide bonds. The van der Waals surface area contributed by atoms with Crippen molar-refractivity contribution in [3.8, 4) is 5.75 Å². The molecule has 1 aromatic heterocycles. The van der Waals surface area contributed by atoms with Gasteiger partial charge < -0.3 is 14.4 Å². The van der Waals surface area contributed by atoms with Crippen molar-refractivity contribution in [1.82, 2.24) is 9.47 Å². The van der Waals surface area contributed by atoms with E-state index < -0.39 is 5.97 Å². The summed E-state index contributed by atoms with van der Waals surface area (Å²) >= 11 is 0. The molecular weight excluding hydrogens is 284 g/mol. The van der Waals surface area contributed by atoms with Crippen LogP contribution in [0.5, 0.6) is 5.75 Å². The largest absolute Gasteiger partial charge is 0.487 e. The third-order valence-corrected chi connectivity index (χ3v) is 3.89. The molecule has 6 heteroatoms. The Kier molecular flexibility index (Phi) is 6.45. The van der Waals surface area contributed by atoms with Gasteiger partial charge in [0.15, 0.2) is 5.75 Å². The van der Waals surface area contributed by atoms with Gasteiger partial charge in [0.1, 0.15) is 6.61 Å². The van der Waals surface area contributed by atoms with Gasteiger partial charge in [-0.1, -0.05) is 0 Å². The normalized spacial score (nSPS) is 15.1. The Labute approximate surface area is 130 Å². The molecule has 6 nitrogen and oxygen atoms in total. The number of aliphatic carboxylic acids is 1. The monoisotopic (exact) mass is 308 g/mol. The topological polar surface area (TPSA) is 71.8 Å². The van der Waals surface area contributed by atoms with Gasteiger partial charge in [-0.25, -0.2) is 0 Å². The molecule has 0 aromatic carbocycles. The summed E-state index contributed by atoms with van der Waals surface area (Å²) in [4.78, 5) is 25.0. The highest BCUT2D eigenvalue weighted by molar-refractivity contribution is 5.66. The highest BCUT2D eigenvalue weighted by Crippen LogP contribution is 2.08. The van der Waals surface area contributed by atoms with Gasteiger partial charge in [-0.3, -0.25) is 14.5 Å². The van der Waals surface area contributed by atoms with E-state index >= 15 is 0 Å². The van der Waals surface area contributed by atoms with E-state index in [0.717, 1.165) is 19.6 Å². The van der Waals surface area contributed by atoms with Gasteiger partial charge >= 0.3 is 5.97 Å². The molecule has 1 aromatic rings. The minimum atomic E-state index is -0.800. The van der Waals surface area contributed by atoms with Crippen molar-refractivity contribution in [3.05, 3.63) is 28.7 Å². The number of aromatic nitrogens is 1. The number of rotatable bonds is 9. The molecule has 2 heterocycles. The molecule has 22 heavy (non-hydrogen) atoms. The average molecular weight is 308 g/mol. The van der Waals surface area contributed by atoms with Gasteiger partial charge in [-0.15, -0.1) is 0 Å². The van der Waals surface area contributed by atoms with E-state index in [1.54, 1.807) is 22.9 Å². The van der Waals surface area contributed by atoms with Gasteiger partial charge in [0.2, 0.25) is 0 Å². The quantitative estimate of drug-likeness (QED) is 0.701. The fourth-order valence-corrected chi connectivity index (χ4v) is 2.65. The third kappa shape index (κ3) is 5.18. The third-order valence-electron chi connectivity index (χ3n) is 3.89. The number of likely N-dealkylation sites (tertiary alicyclic amines) is 1. The number of unbranched alkanes of at least 4 members (excludes halogenated alkanes) is 1. The summed E-state index contributed by atoms with van der Waals surface area (Å²) in [6.07, 6.45) is 5.59. The van der Waals surface area contributed by atoms with Crippen LogP contribution in [-0.2, 0) is 11.3 Å². The summed E-state index contributed by atoms with van der Waals surface area (Å²) in [5.41, 5.74) is -0.140. The molecule has 1 N–H and O–H groups in total. The standard InChI is InChI=1S/C16H24N2O4/c19-15(20)7-1-2-10-18-11-5-6-14(16(18)21)22-13-12-17-8-3-4-9-17/h5-6,11H,1-4,7-10,12-13H2,(H,19,20). The van der Waals surface area contributed by atoms with Crippen LogP contribution in [0.15, 0.2) is 23.1 Å². The summed E-state index contributed by atoms with van der Waals surface area (Å²) < 4.78 is 7.21. The highest BCUT2D eigenvalue weighted by Gasteiger charge is 2.11. The van der Waals surface area contributed by atoms with E-state index in [0.29, 0.717) is 31.7 Å². The lowest BCUT2D eigenvalue weighted by molar-refractivity contribution is -0.137. The molecular formula is C16H24N2O4. The van der Waals surface area contributed by atoms with Crippen molar-refractivity contribution in [2.24, 2.45) is 0 Å². The number of ether oxygens (including phenoxy) is 1. The first-order chi connectivity index (χ1) is 10.7. The van der Waals surface area contributed by atoms with E-state index in [2.05, 4.69) is 4.90 Å². The Balaban J connectivity index is 1.80. The van der Waals surface area contributed by atoms with Crippen molar-refractivity contribution in [3.63, 3.8) is 0 Å². The van der Waals surface area contributed by atoms with Crippen LogP contribution in [0.1, 0.15) is 32.1 Å². The zero-order chi connectivity index (χ0) is 15.8. The molecule has 0 aliphatic carbocycles. The number of carboxylic acids is 1. The van der Waals surface area contributed by atoms with Crippen LogP contribution < -0.4 is 10.3 Å². The van der Waals surface area contributed by atoms with Crippen LogP contribution >= 0.6 is 0 Å². The zero-order valence-electron chi connectivity index (χ0n) is 12.9. The fraction of sp³-hybridized carbons (Fsp3) is 0.625. The molecule has 2 rings (SSSR count). The molecule has 0 saturated carbocycles. The minimum Gasteiger partial charge on any atom is -0.487 e. The highest BCUT2D eigenvalue weighted by atomic mass is 16.5. The Morgan fingerprint density at radius 3 is 2.73 bits per heavy atom. The van der Waals surface area contributed by atoms with Gasteiger partial charge in [0, 0.05) is 25.7 Å². The van der Waals surface area contributed by atoms with Crippen LogP contribution in [0, 0.1) is 0 Å². The van der Waals surface area contributed by atoms with Crippen molar-refractivity contribution in [2.75, 3.05) is 26.2 Å². The lowest BCUT2D eigenvalue weighted by atomic mass is 10.2. The number of pyridine rings is 1. The van der Waals surface area contributed by atoms with Crippen molar-refractivity contribution < 1.29 is 14.6 Å². The smallest absolute Gasteiger partial charge is 0.303 e. The summed E-state index contributed by atoms with van der Waals surface area (Å²) in [7, 11) is 0. The van der Waals surface area contributed by atoms with Gasteiger partial charge in [0.25, 0.3) is 5.56 Å².